The molecule has 1 heterocycles. The van der Waals surface area contributed by atoms with Crippen molar-refractivity contribution in [3.8, 4) is 0 Å². The van der Waals surface area contributed by atoms with E-state index < -0.39 is 5.60 Å². The second kappa shape index (κ2) is 4.19. The van der Waals surface area contributed by atoms with Gasteiger partial charge in [-0.25, -0.2) is 0 Å². The molecule has 1 N–H and O–H groups in total. The average Bonchev–Trinajstić information content (AvgIpc) is 2.33. The van der Waals surface area contributed by atoms with Crippen LogP contribution in [0.5, 0.6) is 0 Å². The van der Waals surface area contributed by atoms with Gasteiger partial charge in [-0.05, 0) is 26.0 Å². The summed E-state index contributed by atoms with van der Waals surface area (Å²) in [5, 5.41) is 10.9. The van der Waals surface area contributed by atoms with Gasteiger partial charge >= 0.3 is 0 Å². The largest absolute Gasteiger partial charge is 0.385 e. The Kier molecular flexibility index (Phi) is 3.04. The summed E-state index contributed by atoms with van der Waals surface area (Å²) in [4.78, 5) is 2.32. The summed E-state index contributed by atoms with van der Waals surface area (Å²) in [5.41, 5.74) is 0.398. The first-order chi connectivity index (χ1) is 7.55. The number of rotatable bonds is 1. The summed E-state index contributed by atoms with van der Waals surface area (Å²) < 4.78 is 0. The van der Waals surface area contributed by atoms with Crippen molar-refractivity contribution >= 4 is 0 Å². The number of piperidine rings is 1. The first kappa shape index (κ1) is 11.6. The molecule has 2 heteroatoms. The van der Waals surface area contributed by atoms with Gasteiger partial charge in [-0.2, -0.15) is 0 Å². The highest BCUT2D eigenvalue weighted by Gasteiger charge is 2.43. The molecular formula is C14H21NO. The van der Waals surface area contributed by atoms with E-state index in [0.717, 1.165) is 18.5 Å². The van der Waals surface area contributed by atoms with E-state index in [1.165, 1.54) is 0 Å². The molecule has 0 bridgehead atoms. The first-order valence-corrected chi connectivity index (χ1v) is 6.04. The minimum Gasteiger partial charge on any atom is -0.385 e. The molecule has 0 saturated carbocycles. The van der Waals surface area contributed by atoms with Crippen LogP contribution in [0.3, 0.4) is 0 Å². The highest BCUT2D eigenvalue weighted by molar-refractivity contribution is 5.24. The molecule has 0 unspecified atom stereocenters. The van der Waals surface area contributed by atoms with E-state index in [1.807, 2.05) is 30.3 Å². The second-order valence-electron chi connectivity index (χ2n) is 5.05. The van der Waals surface area contributed by atoms with Gasteiger partial charge in [0.15, 0.2) is 0 Å². The minimum atomic E-state index is -0.660. The van der Waals surface area contributed by atoms with Gasteiger partial charge in [-0.3, -0.25) is 0 Å². The maximum atomic E-state index is 10.9. The van der Waals surface area contributed by atoms with Crippen molar-refractivity contribution in [3.05, 3.63) is 35.9 Å². The quantitative estimate of drug-likeness (QED) is 0.783. The molecule has 1 saturated heterocycles. The van der Waals surface area contributed by atoms with Crippen LogP contribution in [0.15, 0.2) is 30.3 Å². The average molecular weight is 219 g/mol. The van der Waals surface area contributed by atoms with Gasteiger partial charge in [-0.15, -0.1) is 0 Å². The molecule has 88 valence electrons. The van der Waals surface area contributed by atoms with Gasteiger partial charge in [0.25, 0.3) is 0 Å². The standard InChI is InChI=1S/C14H21NO/c1-11-12(2)15(3)10-9-14(11,16)13-7-5-4-6-8-13/h4-8,11-12,16H,9-10H2,1-3H3/t11-,12-,14+/m1/s1. The van der Waals surface area contributed by atoms with Crippen LogP contribution in [0.4, 0.5) is 0 Å². The van der Waals surface area contributed by atoms with Crippen LogP contribution in [0.1, 0.15) is 25.8 Å². The van der Waals surface area contributed by atoms with E-state index in [1.54, 1.807) is 0 Å². The lowest BCUT2D eigenvalue weighted by molar-refractivity contribution is -0.0894. The number of hydrogen-bond acceptors (Lipinski definition) is 2. The van der Waals surface area contributed by atoms with Gasteiger partial charge in [-0.1, -0.05) is 37.3 Å². The molecule has 1 aromatic carbocycles. The zero-order valence-corrected chi connectivity index (χ0v) is 10.4. The summed E-state index contributed by atoms with van der Waals surface area (Å²) in [5.74, 6) is 0.258. The molecule has 1 aromatic rings. The predicted octanol–water partition coefficient (Wildman–Crippen LogP) is 2.23. The van der Waals surface area contributed by atoms with Crippen LogP contribution < -0.4 is 0 Å². The zero-order chi connectivity index (χ0) is 11.8. The molecule has 16 heavy (non-hydrogen) atoms. The van der Waals surface area contributed by atoms with Gasteiger partial charge < -0.3 is 10.0 Å². The molecule has 0 aromatic heterocycles. The van der Waals surface area contributed by atoms with Gasteiger partial charge in [0.1, 0.15) is 0 Å². The van der Waals surface area contributed by atoms with Crippen molar-refractivity contribution in [1.29, 1.82) is 0 Å². The first-order valence-electron chi connectivity index (χ1n) is 6.04. The summed E-state index contributed by atoms with van der Waals surface area (Å²) in [6.07, 6.45) is 0.818. The molecule has 2 nitrogen and oxygen atoms in total. The molecular weight excluding hydrogens is 198 g/mol. The molecule has 0 aliphatic carbocycles. The summed E-state index contributed by atoms with van der Waals surface area (Å²) >= 11 is 0. The van der Waals surface area contributed by atoms with E-state index in [4.69, 9.17) is 0 Å². The highest BCUT2D eigenvalue weighted by Crippen LogP contribution is 2.39. The second-order valence-corrected chi connectivity index (χ2v) is 5.05. The Labute approximate surface area is 97.9 Å². The van der Waals surface area contributed by atoms with Crippen molar-refractivity contribution in [2.24, 2.45) is 5.92 Å². The Morgan fingerprint density at radius 3 is 2.50 bits per heavy atom. The van der Waals surface area contributed by atoms with E-state index in [2.05, 4.69) is 25.8 Å². The molecule has 0 radical (unpaired) electrons. The van der Waals surface area contributed by atoms with Crippen molar-refractivity contribution < 1.29 is 5.11 Å². The predicted molar refractivity (Wildman–Crippen MR) is 66.2 cm³/mol. The summed E-state index contributed by atoms with van der Waals surface area (Å²) in [6.45, 7) is 5.29. The highest BCUT2D eigenvalue weighted by atomic mass is 16.3. The Balaban J connectivity index is 2.32. The minimum absolute atomic E-state index is 0.258. The monoisotopic (exact) mass is 219 g/mol. The lowest BCUT2D eigenvalue weighted by Crippen LogP contribution is -2.52. The van der Waals surface area contributed by atoms with Crippen molar-refractivity contribution in [2.75, 3.05) is 13.6 Å². The topological polar surface area (TPSA) is 23.5 Å². The molecule has 1 fully saturated rings. The van der Waals surface area contributed by atoms with Crippen LogP contribution in [-0.4, -0.2) is 29.6 Å². The van der Waals surface area contributed by atoms with Crippen LogP contribution in [0.2, 0.25) is 0 Å². The smallest absolute Gasteiger partial charge is 0.0948 e. The normalized spacial score (nSPS) is 36.2. The van der Waals surface area contributed by atoms with E-state index >= 15 is 0 Å². The number of likely N-dealkylation sites (tertiary alicyclic amines) is 1. The lowest BCUT2D eigenvalue weighted by Gasteiger charge is -2.46. The van der Waals surface area contributed by atoms with Crippen molar-refractivity contribution in [3.63, 3.8) is 0 Å². The maximum Gasteiger partial charge on any atom is 0.0948 e. The Bertz CT molecular complexity index is 351. The number of aliphatic hydroxyl groups is 1. The maximum absolute atomic E-state index is 10.9. The van der Waals surface area contributed by atoms with Crippen molar-refractivity contribution in [1.82, 2.24) is 4.90 Å². The van der Waals surface area contributed by atoms with Crippen LogP contribution in [-0.2, 0) is 5.60 Å². The number of benzene rings is 1. The molecule has 1 aliphatic heterocycles. The van der Waals surface area contributed by atoms with Gasteiger partial charge in [0.2, 0.25) is 0 Å². The van der Waals surface area contributed by atoms with Crippen LogP contribution in [0, 0.1) is 5.92 Å². The molecule has 2 rings (SSSR count). The van der Waals surface area contributed by atoms with E-state index in [0.29, 0.717) is 6.04 Å². The molecule has 1 aliphatic rings. The van der Waals surface area contributed by atoms with E-state index in [-0.39, 0.29) is 5.92 Å². The third-order valence-corrected chi connectivity index (χ3v) is 4.29. The van der Waals surface area contributed by atoms with E-state index in [9.17, 15) is 5.11 Å². The lowest BCUT2D eigenvalue weighted by atomic mass is 9.73. The molecule has 3 atom stereocenters. The summed E-state index contributed by atoms with van der Waals surface area (Å²) in [6, 6.07) is 10.5. The fourth-order valence-electron chi connectivity index (χ4n) is 2.69. The fraction of sp³-hybridized carbons (Fsp3) is 0.571. The Morgan fingerprint density at radius 1 is 1.25 bits per heavy atom. The third kappa shape index (κ3) is 1.76. The van der Waals surface area contributed by atoms with Gasteiger partial charge in [0.05, 0.1) is 5.60 Å². The Morgan fingerprint density at radius 2 is 1.88 bits per heavy atom. The van der Waals surface area contributed by atoms with Crippen molar-refractivity contribution in [2.45, 2.75) is 31.9 Å². The Hall–Kier alpha value is -0.860. The molecule has 0 spiro atoms. The zero-order valence-electron chi connectivity index (χ0n) is 10.4. The number of nitrogens with zero attached hydrogens (tertiary/aromatic N) is 1. The fourth-order valence-corrected chi connectivity index (χ4v) is 2.69. The summed E-state index contributed by atoms with van der Waals surface area (Å²) in [7, 11) is 2.13. The molecule has 0 amide bonds. The third-order valence-electron chi connectivity index (χ3n) is 4.29. The SMILES string of the molecule is C[C@@H]1[C@@H](C)[C@](O)(c2ccccc2)CCN1C. The van der Waals surface area contributed by atoms with Crippen LogP contribution >= 0.6 is 0 Å². The number of hydrogen-bond donors (Lipinski definition) is 1. The van der Waals surface area contributed by atoms with Crippen LogP contribution in [0.25, 0.3) is 0 Å². The van der Waals surface area contributed by atoms with Gasteiger partial charge in [0, 0.05) is 18.5 Å².